The fraction of sp³-hybridized carbons (Fsp3) is 0.647. The van der Waals surface area contributed by atoms with Crippen LogP contribution in [0.3, 0.4) is 0 Å². The van der Waals surface area contributed by atoms with Crippen LogP contribution in [0.1, 0.15) is 57.8 Å². The van der Waals surface area contributed by atoms with Crippen molar-refractivity contribution in [3.05, 3.63) is 24.3 Å². The minimum Gasteiger partial charge on any atom is -0.494 e. The lowest BCUT2D eigenvalue weighted by atomic mass is 10.1. The van der Waals surface area contributed by atoms with E-state index in [0.717, 1.165) is 29.8 Å². The van der Waals surface area contributed by atoms with Gasteiger partial charge >= 0.3 is 0 Å². The maximum absolute atomic E-state index is 5.67. The van der Waals surface area contributed by atoms with E-state index in [4.69, 9.17) is 10.5 Å². The molecule has 0 unspecified atom stereocenters. The molecule has 1 rings (SSSR count). The van der Waals surface area contributed by atoms with Crippen LogP contribution in [-0.2, 0) is 0 Å². The van der Waals surface area contributed by atoms with Crippen LogP contribution >= 0.6 is 15.9 Å². The smallest absolute Gasteiger partial charge is 0.119 e. The fourth-order valence-electron chi connectivity index (χ4n) is 2.19. The van der Waals surface area contributed by atoms with Gasteiger partial charge in [0, 0.05) is 11.0 Å². The van der Waals surface area contributed by atoms with E-state index >= 15 is 0 Å². The van der Waals surface area contributed by atoms with Gasteiger partial charge in [0.1, 0.15) is 5.75 Å². The fourth-order valence-corrected chi connectivity index (χ4v) is 2.58. The molecule has 20 heavy (non-hydrogen) atoms. The van der Waals surface area contributed by atoms with E-state index in [9.17, 15) is 0 Å². The molecule has 1 aromatic rings. The molecule has 0 aliphatic heterocycles. The summed E-state index contributed by atoms with van der Waals surface area (Å²) in [6, 6.07) is 7.63. The largest absolute Gasteiger partial charge is 0.494 e. The second-order valence-electron chi connectivity index (χ2n) is 5.29. The summed E-state index contributed by atoms with van der Waals surface area (Å²) >= 11 is 3.47. The average molecular weight is 342 g/mol. The number of rotatable bonds is 12. The molecule has 0 saturated heterocycles. The molecule has 1 aromatic carbocycles. The Labute approximate surface area is 132 Å². The van der Waals surface area contributed by atoms with Crippen molar-refractivity contribution in [2.45, 2.75) is 57.8 Å². The maximum atomic E-state index is 5.67. The highest BCUT2D eigenvalue weighted by molar-refractivity contribution is 9.09. The quantitative estimate of drug-likeness (QED) is 0.307. The molecule has 0 saturated carbocycles. The summed E-state index contributed by atoms with van der Waals surface area (Å²) in [5.74, 6) is 0.922. The minimum absolute atomic E-state index is 0.786. The summed E-state index contributed by atoms with van der Waals surface area (Å²) < 4.78 is 5.67. The number of nitrogens with two attached hydrogens (primary N) is 1. The number of unbranched alkanes of at least 4 members (excludes halogenated alkanes) is 8. The van der Waals surface area contributed by atoms with Crippen molar-refractivity contribution in [1.29, 1.82) is 0 Å². The van der Waals surface area contributed by atoms with E-state index in [0.29, 0.717) is 0 Å². The standard InChI is InChI=1S/C17H28BrNO/c18-14-8-6-4-2-1-3-5-7-9-15-20-17-12-10-16(19)11-13-17/h10-13H,1-9,14-15,19H2. The van der Waals surface area contributed by atoms with Gasteiger partial charge in [-0.1, -0.05) is 60.9 Å². The molecule has 114 valence electrons. The van der Waals surface area contributed by atoms with E-state index in [-0.39, 0.29) is 0 Å². The molecule has 0 aliphatic carbocycles. The number of halogens is 1. The van der Waals surface area contributed by atoms with Gasteiger partial charge < -0.3 is 10.5 Å². The lowest BCUT2D eigenvalue weighted by Gasteiger charge is -2.06. The summed E-state index contributed by atoms with van der Waals surface area (Å²) in [7, 11) is 0. The molecule has 0 aromatic heterocycles. The molecule has 0 bridgehead atoms. The van der Waals surface area contributed by atoms with Gasteiger partial charge in [-0.15, -0.1) is 0 Å². The topological polar surface area (TPSA) is 35.2 Å². The third kappa shape index (κ3) is 9.24. The number of nitrogen functional groups attached to an aromatic ring is 1. The van der Waals surface area contributed by atoms with Gasteiger partial charge in [0.25, 0.3) is 0 Å². The third-order valence-corrected chi connectivity index (χ3v) is 3.99. The molecule has 0 atom stereocenters. The van der Waals surface area contributed by atoms with E-state index < -0.39 is 0 Å². The minimum atomic E-state index is 0.786. The van der Waals surface area contributed by atoms with Crippen molar-refractivity contribution in [2.75, 3.05) is 17.7 Å². The lowest BCUT2D eigenvalue weighted by molar-refractivity contribution is 0.304. The number of alkyl halides is 1. The number of anilines is 1. The van der Waals surface area contributed by atoms with Gasteiger partial charge in [-0.25, -0.2) is 0 Å². The van der Waals surface area contributed by atoms with E-state index in [1.807, 2.05) is 24.3 Å². The van der Waals surface area contributed by atoms with Crippen LogP contribution in [0.4, 0.5) is 5.69 Å². The summed E-state index contributed by atoms with van der Waals surface area (Å²) in [6.45, 7) is 0.815. The summed E-state index contributed by atoms with van der Waals surface area (Å²) in [6.07, 6.45) is 12.0. The zero-order chi connectivity index (χ0) is 14.5. The van der Waals surface area contributed by atoms with Gasteiger partial charge in [0.05, 0.1) is 6.61 Å². The molecule has 2 nitrogen and oxygen atoms in total. The molecule has 2 N–H and O–H groups in total. The van der Waals surface area contributed by atoms with Gasteiger partial charge in [-0.05, 0) is 37.1 Å². The first kappa shape index (κ1) is 17.4. The van der Waals surface area contributed by atoms with Crippen LogP contribution in [0, 0.1) is 0 Å². The summed E-state index contributed by atoms with van der Waals surface area (Å²) in [5, 5.41) is 1.15. The zero-order valence-electron chi connectivity index (χ0n) is 12.5. The van der Waals surface area contributed by atoms with Crippen LogP contribution in [0.2, 0.25) is 0 Å². The highest BCUT2D eigenvalue weighted by Crippen LogP contribution is 2.14. The Morgan fingerprint density at radius 2 is 1.25 bits per heavy atom. The molecule has 0 spiro atoms. The predicted octanol–water partition coefficient (Wildman–Crippen LogP) is 5.55. The Kier molecular flexibility index (Phi) is 10.5. The monoisotopic (exact) mass is 341 g/mol. The normalized spacial score (nSPS) is 10.7. The summed E-state index contributed by atoms with van der Waals surface area (Å²) in [4.78, 5) is 0. The SMILES string of the molecule is Nc1ccc(OCCCCCCCCCCCBr)cc1. The molecule has 0 radical (unpaired) electrons. The Morgan fingerprint density at radius 3 is 1.80 bits per heavy atom. The number of hydrogen-bond acceptors (Lipinski definition) is 2. The van der Waals surface area contributed by atoms with Crippen molar-refractivity contribution in [2.24, 2.45) is 0 Å². The van der Waals surface area contributed by atoms with Gasteiger partial charge in [-0.3, -0.25) is 0 Å². The second kappa shape index (κ2) is 12.1. The zero-order valence-corrected chi connectivity index (χ0v) is 14.0. The maximum Gasteiger partial charge on any atom is 0.119 e. The Morgan fingerprint density at radius 1 is 0.750 bits per heavy atom. The lowest BCUT2D eigenvalue weighted by Crippen LogP contribution is -1.97. The molecule has 0 fully saturated rings. The van der Waals surface area contributed by atoms with E-state index in [2.05, 4.69) is 15.9 Å². The van der Waals surface area contributed by atoms with E-state index in [1.165, 1.54) is 51.4 Å². The molecular weight excluding hydrogens is 314 g/mol. The highest BCUT2D eigenvalue weighted by Gasteiger charge is 1.95. The van der Waals surface area contributed by atoms with Gasteiger partial charge in [0.15, 0.2) is 0 Å². The van der Waals surface area contributed by atoms with Crippen LogP contribution < -0.4 is 10.5 Å². The molecular formula is C17H28BrNO. The first-order valence-electron chi connectivity index (χ1n) is 7.87. The van der Waals surface area contributed by atoms with Crippen LogP contribution in [0.25, 0.3) is 0 Å². The third-order valence-electron chi connectivity index (χ3n) is 3.43. The summed E-state index contributed by atoms with van der Waals surface area (Å²) in [5.41, 5.74) is 6.42. The predicted molar refractivity (Wildman–Crippen MR) is 91.7 cm³/mol. The van der Waals surface area contributed by atoms with Crippen molar-refractivity contribution >= 4 is 21.6 Å². The number of ether oxygens (including phenoxy) is 1. The Balaban J connectivity index is 1.84. The highest BCUT2D eigenvalue weighted by atomic mass is 79.9. The number of benzene rings is 1. The average Bonchev–Trinajstić information content (AvgIpc) is 2.47. The van der Waals surface area contributed by atoms with Gasteiger partial charge in [-0.2, -0.15) is 0 Å². The van der Waals surface area contributed by atoms with Crippen LogP contribution in [0.5, 0.6) is 5.75 Å². The van der Waals surface area contributed by atoms with Gasteiger partial charge in [0.2, 0.25) is 0 Å². The van der Waals surface area contributed by atoms with Crippen LogP contribution in [0.15, 0.2) is 24.3 Å². The Hall–Kier alpha value is -0.700. The molecule has 0 amide bonds. The first-order chi connectivity index (χ1) is 9.83. The van der Waals surface area contributed by atoms with Crippen LogP contribution in [-0.4, -0.2) is 11.9 Å². The first-order valence-corrected chi connectivity index (χ1v) is 8.99. The molecule has 0 heterocycles. The number of hydrogen-bond donors (Lipinski definition) is 1. The molecule has 0 aliphatic rings. The second-order valence-corrected chi connectivity index (χ2v) is 6.08. The Bertz CT molecular complexity index is 326. The van der Waals surface area contributed by atoms with Crippen molar-refractivity contribution < 1.29 is 4.74 Å². The van der Waals surface area contributed by atoms with Crippen molar-refractivity contribution in [3.63, 3.8) is 0 Å². The molecule has 3 heteroatoms. The van der Waals surface area contributed by atoms with Crippen molar-refractivity contribution in [3.8, 4) is 5.75 Å². The van der Waals surface area contributed by atoms with E-state index in [1.54, 1.807) is 0 Å². The van der Waals surface area contributed by atoms with Crippen molar-refractivity contribution in [1.82, 2.24) is 0 Å².